The van der Waals surface area contributed by atoms with Gasteiger partial charge in [0.05, 0.1) is 12.7 Å². The predicted molar refractivity (Wildman–Crippen MR) is 68.1 cm³/mol. The van der Waals surface area contributed by atoms with E-state index >= 15 is 0 Å². The third-order valence-corrected chi connectivity index (χ3v) is 2.75. The maximum Gasteiger partial charge on any atom is 0.109 e. The van der Waals surface area contributed by atoms with E-state index in [0.29, 0.717) is 13.2 Å². The molecule has 0 heterocycles. The Kier molecular flexibility index (Phi) is 10.9. The molecule has 104 valence electrons. The summed E-state index contributed by atoms with van der Waals surface area (Å²) < 4.78 is 10.9. The van der Waals surface area contributed by atoms with Crippen molar-refractivity contribution in [1.29, 1.82) is 0 Å². The van der Waals surface area contributed by atoms with Crippen LogP contribution < -0.4 is 0 Å². The van der Waals surface area contributed by atoms with Crippen molar-refractivity contribution < 1.29 is 19.7 Å². The second kappa shape index (κ2) is 11.0. The Morgan fingerprint density at radius 3 is 2.00 bits per heavy atom. The number of unbranched alkanes of at least 4 members (excludes halogenated alkanes) is 2. The minimum absolute atomic E-state index is 0.174. The first-order valence-corrected chi connectivity index (χ1v) is 6.69. The summed E-state index contributed by atoms with van der Waals surface area (Å²) in [7, 11) is 0. The largest absolute Gasteiger partial charge is 0.394 e. The maximum absolute atomic E-state index is 9.97. The number of hydrogen-bond donors (Lipinski definition) is 2. The van der Waals surface area contributed by atoms with Gasteiger partial charge in [0.25, 0.3) is 0 Å². The van der Waals surface area contributed by atoms with E-state index in [1.165, 1.54) is 0 Å². The van der Waals surface area contributed by atoms with E-state index in [9.17, 15) is 10.2 Å². The summed E-state index contributed by atoms with van der Waals surface area (Å²) in [4.78, 5) is 0. The van der Waals surface area contributed by atoms with Crippen LogP contribution in [0.15, 0.2) is 0 Å². The summed E-state index contributed by atoms with van der Waals surface area (Å²) in [6.07, 6.45) is 2.41. The van der Waals surface area contributed by atoms with Crippen LogP contribution in [0.4, 0.5) is 0 Å². The molecule has 0 aromatic carbocycles. The highest BCUT2D eigenvalue weighted by Crippen LogP contribution is 2.09. The van der Waals surface area contributed by atoms with E-state index in [-0.39, 0.29) is 12.7 Å². The van der Waals surface area contributed by atoms with Crippen LogP contribution in [0, 0.1) is 0 Å². The molecule has 3 unspecified atom stereocenters. The lowest BCUT2D eigenvalue weighted by Crippen LogP contribution is -2.41. The molecule has 0 amide bonds. The smallest absolute Gasteiger partial charge is 0.109 e. The predicted octanol–water partition coefficient (Wildman–Crippen LogP) is 1.73. The average molecular weight is 248 g/mol. The molecule has 3 atom stereocenters. The number of aliphatic hydroxyl groups is 2. The van der Waals surface area contributed by atoms with E-state index in [4.69, 9.17) is 9.47 Å². The van der Waals surface area contributed by atoms with Gasteiger partial charge in [0.2, 0.25) is 0 Å². The van der Waals surface area contributed by atoms with Crippen LogP contribution in [0.25, 0.3) is 0 Å². The Morgan fingerprint density at radius 1 is 1.00 bits per heavy atom. The molecule has 2 N–H and O–H groups in total. The molecule has 17 heavy (non-hydrogen) atoms. The molecular weight excluding hydrogens is 220 g/mol. The Labute approximate surface area is 105 Å². The lowest BCUT2D eigenvalue weighted by atomic mass is 10.1. The summed E-state index contributed by atoms with van der Waals surface area (Å²) in [5, 5.41) is 19.1. The molecular formula is C13H28O4. The number of hydrogen-bond acceptors (Lipinski definition) is 4. The van der Waals surface area contributed by atoms with Gasteiger partial charge in [-0.1, -0.05) is 26.7 Å². The van der Waals surface area contributed by atoms with Crippen molar-refractivity contribution in [3.05, 3.63) is 0 Å². The second-order valence-electron chi connectivity index (χ2n) is 4.37. The van der Waals surface area contributed by atoms with Gasteiger partial charge < -0.3 is 19.7 Å². The van der Waals surface area contributed by atoms with Crippen molar-refractivity contribution in [2.75, 3.05) is 19.8 Å². The highest BCUT2D eigenvalue weighted by Gasteiger charge is 2.25. The van der Waals surface area contributed by atoms with Crippen molar-refractivity contribution >= 4 is 0 Å². The number of rotatable bonds is 11. The lowest BCUT2D eigenvalue weighted by molar-refractivity contribution is -0.120. The standard InChI is InChI=1S/C13H28O4/c1-4-6-8-16-11(3)13(15)12(10-14)17-9-7-5-2/h11-15H,4-10H2,1-3H3. The average Bonchev–Trinajstić information content (AvgIpc) is 2.34. The van der Waals surface area contributed by atoms with Gasteiger partial charge in [-0.05, 0) is 19.8 Å². The summed E-state index contributed by atoms with van der Waals surface area (Å²) in [5.41, 5.74) is 0. The first-order chi connectivity index (χ1) is 8.17. The van der Waals surface area contributed by atoms with E-state index in [1.54, 1.807) is 0 Å². The second-order valence-corrected chi connectivity index (χ2v) is 4.37. The van der Waals surface area contributed by atoms with Gasteiger partial charge in [-0.3, -0.25) is 0 Å². The Balaban J connectivity index is 3.90. The third kappa shape index (κ3) is 7.71. The molecule has 0 aliphatic carbocycles. The monoisotopic (exact) mass is 248 g/mol. The van der Waals surface area contributed by atoms with E-state index < -0.39 is 12.2 Å². The molecule has 0 aromatic heterocycles. The molecule has 0 bridgehead atoms. The zero-order valence-corrected chi connectivity index (χ0v) is 11.4. The summed E-state index contributed by atoms with van der Waals surface area (Å²) in [5.74, 6) is 0. The minimum atomic E-state index is -0.770. The van der Waals surface area contributed by atoms with Gasteiger partial charge in [-0.2, -0.15) is 0 Å². The van der Waals surface area contributed by atoms with Crippen LogP contribution in [0.2, 0.25) is 0 Å². The Morgan fingerprint density at radius 2 is 1.53 bits per heavy atom. The van der Waals surface area contributed by atoms with Gasteiger partial charge in [0.1, 0.15) is 12.2 Å². The van der Waals surface area contributed by atoms with Crippen molar-refractivity contribution in [2.45, 2.75) is 64.8 Å². The van der Waals surface area contributed by atoms with Crippen molar-refractivity contribution in [1.82, 2.24) is 0 Å². The molecule has 0 saturated carbocycles. The van der Waals surface area contributed by atoms with Gasteiger partial charge in [0, 0.05) is 13.2 Å². The van der Waals surface area contributed by atoms with Gasteiger partial charge in [-0.25, -0.2) is 0 Å². The fourth-order valence-electron chi connectivity index (χ4n) is 1.45. The highest BCUT2D eigenvalue weighted by molar-refractivity contribution is 4.74. The fraction of sp³-hybridized carbons (Fsp3) is 1.00. The normalized spacial score (nSPS) is 16.8. The van der Waals surface area contributed by atoms with Crippen molar-refractivity contribution in [3.8, 4) is 0 Å². The molecule has 0 saturated heterocycles. The summed E-state index contributed by atoms with van der Waals surface area (Å²) in [6, 6.07) is 0. The molecule has 0 aliphatic heterocycles. The Hall–Kier alpha value is -0.160. The topological polar surface area (TPSA) is 58.9 Å². The summed E-state index contributed by atoms with van der Waals surface area (Å²) >= 11 is 0. The van der Waals surface area contributed by atoms with E-state index in [1.807, 2.05) is 6.92 Å². The van der Waals surface area contributed by atoms with Crippen molar-refractivity contribution in [3.63, 3.8) is 0 Å². The molecule has 0 aromatic rings. The lowest BCUT2D eigenvalue weighted by Gasteiger charge is -2.26. The highest BCUT2D eigenvalue weighted by atomic mass is 16.5. The first kappa shape index (κ1) is 16.8. The van der Waals surface area contributed by atoms with Crippen LogP contribution in [0.3, 0.4) is 0 Å². The quantitative estimate of drug-likeness (QED) is 0.547. The van der Waals surface area contributed by atoms with Crippen LogP contribution in [0.5, 0.6) is 0 Å². The van der Waals surface area contributed by atoms with Crippen LogP contribution in [-0.4, -0.2) is 48.3 Å². The Bertz CT molecular complexity index is 163. The molecule has 0 rings (SSSR count). The van der Waals surface area contributed by atoms with Crippen LogP contribution in [0.1, 0.15) is 46.5 Å². The van der Waals surface area contributed by atoms with Crippen molar-refractivity contribution in [2.24, 2.45) is 0 Å². The SMILES string of the molecule is CCCCOC(C)C(O)C(CO)OCCCC. The molecule has 4 nitrogen and oxygen atoms in total. The molecule has 0 fully saturated rings. The maximum atomic E-state index is 9.97. The third-order valence-electron chi connectivity index (χ3n) is 2.75. The first-order valence-electron chi connectivity index (χ1n) is 6.69. The van der Waals surface area contributed by atoms with E-state index in [2.05, 4.69) is 13.8 Å². The number of ether oxygens (including phenoxy) is 2. The van der Waals surface area contributed by atoms with Gasteiger partial charge >= 0.3 is 0 Å². The minimum Gasteiger partial charge on any atom is -0.394 e. The molecule has 4 heteroatoms. The molecule has 0 radical (unpaired) electrons. The number of aliphatic hydroxyl groups excluding tert-OH is 2. The van der Waals surface area contributed by atoms with Crippen LogP contribution in [-0.2, 0) is 9.47 Å². The fourth-order valence-corrected chi connectivity index (χ4v) is 1.45. The van der Waals surface area contributed by atoms with Gasteiger partial charge in [0.15, 0.2) is 0 Å². The zero-order valence-electron chi connectivity index (χ0n) is 11.4. The molecule has 0 spiro atoms. The van der Waals surface area contributed by atoms with E-state index in [0.717, 1.165) is 25.7 Å². The van der Waals surface area contributed by atoms with Gasteiger partial charge in [-0.15, -0.1) is 0 Å². The molecule has 0 aliphatic rings. The van der Waals surface area contributed by atoms with Crippen LogP contribution >= 0.6 is 0 Å². The summed E-state index contributed by atoms with van der Waals surface area (Å²) in [6.45, 7) is 7.01. The zero-order chi connectivity index (χ0) is 13.1.